The maximum Gasteiger partial charge on any atom is 0.407 e. The van der Waals surface area contributed by atoms with Crippen LogP contribution >= 0.6 is 0 Å². The highest BCUT2D eigenvalue weighted by Crippen LogP contribution is 2.19. The van der Waals surface area contributed by atoms with E-state index in [0.717, 1.165) is 16.7 Å². The van der Waals surface area contributed by atoms with Gasteiger partial charge in [-0.3, -0.25) is 4.79 Å². The number of nitrogens with two attached hydrogens (primary N) is 1. The molecule has 2 amide bonds. The van der Waals surface area contributed by atoms with Crippen molar-refractivity contribution in [2.75, 3.05) is 6.61 Å². The number of benzene rings is 1. The second kappa shape index (κ2) is 7.46. The molecule has 1 rings (SSSR count). The van der Waals surface area contributed by atoms with Gasteiger partial charge in [-0.1, -0.05) is 0 Å². The van der Waals surface area contributed by atoms with E-state index in [1.54, 1.807) is 32.9 Å². The van der Waals surface area contributed by atoms with Crippen molar-refractivity contribution in [2.24, 2.45) is 5.73 Å². The van der Waals surface area contributed by atoms with Crippen LogP contribution in [0.5, 0.6) is 0 Å². The van der Waals surface area contributed by atoms with E-state index in [4.69, 9.17) is 10.5 Å². The molecule has 0 aromatic heterocycles. The average molecular weight is 322 g/mol. The summed E-state index contributed by atoms with van der Waals surface area (Å²) in [5.74, 6) is -0.478. The van der Waals surface area contributed by atoms with Crippen molar-refractivity contribution >= 4 is 12.0 Å². The fourth-order valence-corrected chi connectivity index (χ4v) is 2.34. The number of carbonyl (C=O) groups excluding carboxylic acids is 2. The zero-order valence-electron chi connectivity index (χ0n) is 14.4. The summed E-state index contributed by atoms with van der Waals surface area (Å²) in [6.45, 7) is 8.86. The minimum absolute atomic E-state index is 0.213. The monoisotopic (exact) mass is 322 g/mol. The molecule has 0 saturated heterocycles. The summed E-state index contributed by atoms with van der Waals surface area (Å²) in [4.78, 5) is 23.1. The Morgan fingerprint density at radius 1 is 1.26 bits per heavy atom. The smallest absolute Gasteiger partial charge is 0.407 e. The van der Waals surface area contributed by atoms with E-state index in [0.29, 0.717) is 12.0 Å². The first kappa shape index (κ1) is 19.0. The highest BCUT2D eigenvalue weighted by molar-refractivity contribution is 5.93. The molecule has 6 nitrogen and oxygen atoms in total. The van der Waals surface area contributed by atoms with Gasteiger partial charge in [-0.25, -0.2) is 4.79 Å². The Labute approximate surface area is 137 Å². The molecule has 1 unspecified atom stereocenters. The van der Waals surface area contributed by atoms with Gasteiger partial charge in [-0.15, -0.1) is 0 Å². The number of carbonyl (C=O) groups is 2. The van der Waals surface area contributed by atoms with E-state index in [-0.39, 0.29) is 6.61 Å². The van der Waals surface area contributed by atoms with Gasteiger partial charge in [0.05, 0.1) is 12.6 Å². The van der Waals surface area contributed by atoms with E-state index in [1.165, 1.54) is 0 Å². The van der Waals surface area contributed by atoms with Crippen LogP contribution in [-0.4, -0.2) is 35.4 Å². The average Bonchev–Trinajstić information content (AvgIpc) is 2.38. The number of alkyl carbamates (subject to hydrolysis) is 1. The molecule has 0 saturated carbocycles. The Kier molecular flexibility index (Phi) is 6.15. The molecule has 0 heterocycles. The number of nitrogens with one attached hydrogen (secondary N) is 1. The standard InChI is InChI=1S/C17H26N2O4/c1-10-6-12(15(18)21)7-11(2)14(10)8-13(9-20)19-16(22)23-17(3,4)5/h6-7,13,20H,8-9H2,1-5H3,(H2,18,21)(H,19,22). The van der Waals surface area contributed by atoms with Crippen molar-refractivity contribution in [3.63, 3.8) is 0 Å². The largest absolute Gasteiger partial charge is 0.444 e. The van der Waals surface area contributed by atoms with Crippen LogP contribution in [-0.2, 0) is 11.2 Å². The lowest BCUT2D eigenvalue weighted by atomic mass is 9.94. The molecule has 23 heavy (non-hydrogen) atoms. The van der Waals surface area contributed by atoms with Crippen LogP contribution in [0.1, 0.15) is 47.8 Å². The molecule has 0 aliphatic rings. The van der Waals surface area contributed by atoms with Gasteiger partial charge in [0.15, 0.2) is 0 Å². The number of hydrogen-bond acceptors (Lipinski definition) is 4. The molecule has 6 heteroatoms. The van der Waals surface area contributed by atoms with Crippen LogP contribution in [0.2, 0.25) is 0 Å². The molecule has 0 aliphatic heterocycles. The fourth-order valence-electron chi connectivity index (χ4n) is 2.34. The van der Waals surface area contributed by atoms with Gasteiger partial charge in [0.2, 0.25) is 5.91 Å². The molecule has 4 N–H and O–H groups in total. The van der Waals surface area contributed by atoms with Gasteiger partial charge >= 0.3 is 6.09 Å². The van der Waals surface area contributed by atoms with Crippen LogP contribution < -0.4 is 11.1 Å². The third kappa shape index (κ3) is 5.90. The molecule has 1 aromatic rings. The van der Waals surface area contributed by atoms with Crippen molar-refractivity contribution in [1.29, 1.82) is 0 Å². The first-order valence-corrected chi connectivity index (χ1v) is 7.53. The summed E-state index contributed by atoms with van der Waals surface area (Å²) >= 11 is 0. The Morgan fingerprint density at radius 3 is 2.17 bits per heavy atom. The lowest BCUT2D eigenvalue weighted by molar-refractivity contribution is 0.0482. The quantitative estimate of drug-likeness (QED) is 0.769. The first-order valence-electron chi connectivity index (χ1n) is 7.53. The van der Waals surface area contributed by atoms with E-state index in [2.05, 4.69) is 5.32 Å². The normalized spacial score (nSPS) is 12.6. The summed E-state index contributed by atoms with van der Waals surface area (Å²) in [5.41, 5.74) is 7.90. The molecule has 0 radical (unpaired) electrons. The SMILES string of the molecule is Cc1cc(C(N)=O)cc(C)c1CC(CO)NC(=O)OC(C)(C)C. The number of ether oxygens (including phenoxy) is 1. The summed E-state index contributed by atoms with van der Waals surface area (Å²) in [6.07, 6.45) is -0.132. The number of amides is 2. The first-order chi connectivity index (χ1) is 10.5. The van der Waals surface area contributed by atoms with Crippen molar-refractivity contribution in [3.05, 3.63) is 34.4 Å². The summed E-state index contributed by atoms with van der Waals surface area (Å²) in [6, 6.07) is 2.96. The minimum Gasteiger partial charge on any atom is -0.444 e. The molecule has 1 aromatic carbocycles. The molecular weight excluding hydrogens is 296 g/mol. The van der Waals surface area contributed by atoms with E-state index in [9.17, 15) is 14.7 Å². The number of aryl methyl sites for hydroxylation is 2. The lowest BCUT2D eigenvalue weighted by Gasteiger charge is -2.23. The van der Waals surface area contributed by atoms with E-state index < -0.39 is 23.6 Å². The molecule has 1 atom stereocenters. The second-order valence-corrected chi connectivity index (χ2v) is 6.68. The number of aliphatic hydroxyl groups excluding tert-OH is 1. The lowest BCUT2D eigenvalue weighted by Crippen LogP contribution is -2.42. The van der Waals surface area contributed by atoms with Crippen LogP contribution in [0.3, 0.4) is 0 Å². The Balaban J connectivity index is 2.88. The van der Waals surface area contributed by atoms with Gasteiger partial charge in [-0.2, -0.15) is 0 Å². The molecule has 0 fully saturated rings. The second-order valence-electron chi connectivity index (χ2n) is 6.68. The Bertz CT molecular complexity index is 568. The topological polar surface area (TPSA) is 102 Å². The van der Waals surface area contributed by atoms with Crippen molar-refractivity contribution in [3.8, 4) is 0 Å². The van der Waals surface area contributed by atoms with Gasteiger partial charge in [-0.05, 0) is 69.9 Å². The molecule has 128 valence electrons. The summed E-state index contributed by atoms with van der Waals surface area (Å²) in [7, 11) is 0. The molecule has 0 bridgehead atoms. The van der Waals surface area contributed by atoms with Crippen LogP contribution in [0.25, 0.3) is 0 Å². The summed E-state index contributed by atoms with van der Waals surface area (Å²) < 4.78 is 5.20. The highest BCUT2D eigenvalue weighted by atomic mass is 16.6. The maximum absolute atomic E-state index is 11.8. The molecular formula is C17H26N2O4. The van der Waals surface area contributed by atoms with Crippen LogP contribution in [0.15, 0.2) is 12.1 Å². The number of hydrogen-bond donors (Lipinski definition) is 3. The predicted molar refractivity (Wildman–Crippen MR) is 88.4 cm³/mol. The predicted octanol–water partition coefficient (Wildman–Crippen LogP) is 1.83. The van der Waals surface area contributed by atoms with Crippen molar-refractivity contribution in [1.82, 2.24) is 5.32 Å². The zero-order valence-corrected chi connectivity index (χ0v) is 14.4. The number of primary amides is 1. The van der Waals surface area contributed by atoms with E-state index >= 15 is 0 Å². The maximum atomic E-state index is 11.8. The van der Waals surface area contributed by atoms with E-state index in [1.807, 2.05) is 13.8 Å². The summed E-state index contributed by atoms with van der Waals surface area (Å²) in [5, 5.41) is 12.2. The molecule has 0 spiro atoms. The highest BCUT2D eigenvalue weighted by Gasteiger charge is 2.20. The van der Waals surface area contributed by atoms with Crippen molar-refractivity contribution in [2.45, 2.75) is 52.7 Å². The van der Waals surface area contributed by atoms with Crippen LogP contribution in [0.4, 0.5) is 4.79 Å². The third-order valence-electron chi connectivity index (χ3n) is 3.37. The third-order valence-corrected chi connectivity index (χ3v) is 3.37. The number of aliphatic hydroxyl groups is 1. The van der Waals surface area contributed by atoms with Crippen LogP contribution in [0, 0.1) is 13.8 Å². The van der Waals surface area contributed by atoms with Gasteiger partial charge in [0, 0.05) is 5.56 Å². The van der Waals surface area contributed by atoms with Crippen molar-refractivity contribution < 1.29 is 19.4 Å². The van der Waals surface area contributed by atoms with Gasteiger partial charge < -0.3 is 20.9 Å². The van der Waals surface area contributed by atoms with Gasteiger partial charge in [0.25, 0.3) is 0 Å². The zero-order chi connectivity index (χ0) is 17.8. The Hall–Kier alpha value is -2.08. The number of rotatable bonds is 5. The Morgan fingerprint density at radius 2 is 1.78 bits per heavy atom. The minimum atomic E-state index is -0.598. The molecule has 0 aliphatic carbocycles. The fraction of sp³-hybridized carbons (Fsp3) is 0.529. The van der Waals surface area contributed by atoms with Gasteiger partial charge in [0.1, 0.15) is 5.60 Å².